The van der Waals surface area contributed by atoms with Gasteiger partial charge in [0.25, 0.3) is 0 Å². The molecule has 1 unspecified atom stereocenters. The van der Waals surface area contributed by atoms with Crippen molar-refractivity contribution in [2.24, 2.45) is 5.92 Å². The van der Waals surface area contributed by atoms with Crippen molar-refractivity contribution in [2.75, 3.05) is 13.2 Å². The van der Waals surface area contributed by atoms with E-state index in [9.17, 15) is 4.39 Å². The number of benzene rings is 1. The highest BCUT2D eigenvalue weighted by atomic mass is 19.1. The van der Waals surface area contributed by atoms with Crippen LogP contribution in [0.5, 0.6) is 5.75 Å². The smallest absolute Gasteiger partial charge is 0.123 e. The minimum atomic E-state index is -0.211. The SMILES string of the molecule is CC(C)CONCC1Cc2cc(F)ccc2O1. The molecule has 4 heteroatoms. The van der Waals surface area contributed by atoms with Gasteiger partial charge >= 0.3 is 0 Å². The normalized spacial score (nSPS) is 18.2. The van der Waals surface area contributed by atoms with Gasteiger partial charge in [-0.15, -0.1) is 0 Å². The summed E-state index contributed by atoms with van der Waals surface area (Å²) in [7, 11) is 0. The molecule has 0 bridgehead atoms. The lowest BCUT2D eigenvalue weighted by atomic mass is 10.1. The molecule has 0 saturated carbocycles. The average molecular weight is 239 g/mol. The van der Waals surface area contributed by atoms with Gasteiger partial charge in [0, 0.05) is 12.0 Å². The van der Waals surface area contributed by atoms with E-state index in [0.717, 1.165) is 17.7 Å². The van der Waals surface area contributed by atoms with Crippen LogP contribution >= 0.6 is 0 Å². The maximum Gasteiger partial charge on any atom is 0.123 e. The van der Waals surface area contributed by atoms with E-state index < -0.39 is 0 Å². The van der Waals surface area contributed by atoms with E-state index in [1.807, 2.05) is 0 Å². The molecule has 1 aliphatic heterocycles. The van der Waals surface area contributed by atoms with Gasteiger partial charge in [0.05, 0.1) is 13.2 Å². The molecule has 94 valence electrons. The van der Waals surface area contributed by atoms with Crippen molar-refractivity contribution in [2.45, 2.75) is 26.4 Å². The first kappa shape index (κ1) is 12.3. The summed E-state index contributed by atoms with van der Waals surface area (Å²) in [6, 6.07) is 4.63. The lowest BCUT2D eigenvalue weighted by molar-refractivity contribution is 0.00783. The molecule has 1 aromatic carbocycles. The maximum absolute atomic E-state index is 13.0. The van der Waals surface area contributed by atoms with Gasteiger partial charge in [0.15, 0.2) is 0 Å². The van der Waals surface area contributed by atoms with E-state index in [1.165, 1.54) is 12.1 Å². The lowest BCUT2D eigenvalue weighted by Crippen LogP contribution is -2.31. The highest BCUT2D eigenvalue weighted by Gasteiger charge is 2.22. The average Bonchev–Trinajstić information content (AvgIpc) is 2.66. The quantitative estimate of drug-likeness (QED) is 0.632. The Bertz CT molecular complexity index is 382. The van der Waals surface area contributed by atoms with Gasteiger partial charge in [-0.3, -0.25) is 0 Å². The predicted octanol–water partition coefficient (Wildman–Crippen LogP) is 2.31. The zero-order valence-electron chi connectivity index (χ0n) is 10.2. The van der Waals surface area contributed by atoms with Crippen molar-refractivity contribution in [1.82, 2.24) is 5.48 Å². The maximum atomic E-state index is 13.0. The van der Waals surface area contributed by atoms with Crippen LogP contribution < -0.4 is 10.2 Å². The molecule has 3 nitrogen and oxygen atoms in total. The number of hydrogen-bond acceptors (Lipinski definition) is 3. The highest BCUT2D eigenvalue weighted by molar-refractivity contribution is 5.37. The fraction of sp³-hybridized carbons (Fsp3) is 0.538. The van der Waals surface area contributed by atoms with Gasteiger partial charge in [-0.2, -0.15) is 5.48 Å². The first-order valence-electron chi connectivity index (χ1n) is 5.95. The molecular formula is C13H18FNO2. The van der Waals surface area contributed by atoms with Crippen LogP contribution in [0, 0.1) is 11.7 Å². The topological polar surface area (TPSA) is 30.5 Å². The van der Waals surface area contributed by atoms with Crippen LogP contribution in [0.15, 0.2) is 18.2 Å². The van der Waals surface area contributed by atoms with E-state index >= 15 is 0 Å². The Morgan fingerprint density at radius 1 is 1.53 bits per heavy atom. The van der Waals surface area contributed by atoms with E-state index in [4.69, 9.17) is 9.57 Å². The second-order valence-electron chi connectivity index (χ2n) is 4.75. The molecular weight excluding hydrogens is 221 g/mol. The second-order valence-corrected chi connectivity index (χ2v) is 4.75. The molecule has 17 heavy (non-hydrogen) atoms. The summed E-state index contributed by atoms with van der Waals surface area (Å²) in [6.45, 7) is 5.47. The van der Waals surface area contributed by atoms with E-state index in [0.29, 0.717) is 19.1 Å². The van der Waals surface area contributed by atoms with Gasteiger partial charge in [-0.05, 0) is 24.1 Å². The predicted molar refractivity (Wildman–Crippen MR) is 63.3 cm³/mol. The summed E-state index contributed by atoms with van der Waals surface area (Å²) in [5.74, 6) is 1.07. The first-order valence-corrected chi connectivity index (χ1v) is 5.95. The standard InChI is InChI=1S/C13H18FNO2/c1-9(2)8-16-15-7-12-6-10-5-11(14)3-4-13(10)17-12/h3-5,9,12,15H,6-8H2,1-2H3. The molecule has 0 radical (unpaired) electrons. The Morgan fingerprint density at radius 3 is 3.12 bits per heavy atom. The summed E-state index contributed by atoms with van der Waals surface area (Å²) in [5.41, 5.74) is 3.82. The van der Waals surface area contributed by atoms with Crippen molar-refractivity contribution in [3.63, 3.8) is 0 Å². The fourth-order valence-corrected chi connectivity index (χ4v) is 1.78. The van der Waals surface area contributed by atoms with Gasteiger partial charge in [0.1, 0.15) is 17.7 Å². The zero-order valence-corrected chi connectivity index (χ0v) is 10.2. The molecule has 0 aromatic heterocycles. The third-order valence-corrected chi connectivity index (χ3v) is 2.59. The zero-order chi connectivity index (χ0) is 12.3. The van der Waals surface area contributed by atoms with Crippen molar-refractivity contribution < 1.29 is 14.0 Å². The summed E-state index contributed by atoms with van der Waals surface area (Å²) in [4.78, 5) is 5.28. The number of hydrogen-bond donors (Lipinski definition) is 1. The molecule has 2 rings (SSSR count). The number of rotatable bonds is 5. The molecule has 0 amide bonds. The van der Waals surface area contributed by atoms with Crippen LogP contribution in [-0.4, -0.2) is 19.3 Å². The van der Waals surface area contributed by atoms with E-state index in [2.05, 4.69) is 19.3 Å². The number of ether oxygens (including phenoxy) is 1. The molecule has 0 fully saturated rings. The molecule has 1 aromatic rings. The third kappa shape index (κ3) is 3.41. The van der Waals surface area contributed by atoms with Gasteiger partial charge in [-0.1, -0.05) is 13.8 Å². The molecule has 0 saturated heterocycles. The van der Waals surface area contributed by atoms with Gasteiger partial charge in [0.2, 0.25) is 0 Å². The molecule has 1 atom stereocenters. The Balaban J connectivity index is 1.76. The second kappa shape index (κ2) is 5.47. The molecule has 1 aliphatic rings. The van der Waals surface area contributed by atoms with Crippen molar-refractivity contribution >= 4 is 0 Å². The summed E-state index contributed by atoms with van der Waals surface area (Å²) >= 11 is 0. The van der Waals surface area contributed by atoms with Crippen LogP contribution in [0.4, 0.5) is 4.39 Å². The van der Waals surface area contributed by atoms with Gasteiger partial charge < -0.3 is 9.57 Å². The molecule has 0 spiro atoms. The van der Waals surface area contributed by atoms with Crippen molar-refractivity contribution in [3.05, 3.63) is 29.6 Å². The lowest BCUT2D eigenvalue weighted by Gasteiger charge is -2.12. The van der Waals surface area contributed by atoms with Crippen LogP contribution in [-0.2, 0) is 11.3 Å². The number of halogens is 1. The van der Waals surface area contributed by atoms with Crippen molar-refractivity contribution in [3.8, 4) is 5.75 Å². The van der Waals surface area contributed by atoms with E-state index in [-0.39, 0.29) is 11.9 Å². The van der Waals surface area contributed by atoms with Crippen LogP contribution in [0.25, 0.3) is 0 Å². The number of nitrogens with one attached hydrogen (secondary N) is 1. The summed E-state index contributed by atoms with van der Waals surface area (Å²) in [6.07, 6.45) is 0.754. The summed E-state index contributed by atoms with van der Waals surface area (Å²) < 4.78 is 18.6. The fourth-order valence-electron chi connectivity index (χ4n) is 1.78. The van der Waals surface area contributed by atoms with Crippen LogP contribution in [0.3, 0.4) is 0 Å². The van der Waals surface area contributed by atoms with E-state index in [1.54, 1.807) is 6.07 Å². The Kier molecular flexibility index (Phi) is 3.97. The third-order valence-electron chi connectivity index (χ3n) is 2.59. The monoisotopic (exact) mass is 239 g/mol. The number of fused-ring (bicyclic) bond motifs is 1. The molecule has 0 aliphatic carbocycles. The summed E-state index contributed by atoms with van der Waals surface area (Å²) in [5, 5.41) is 0. The first-order chi connectivity index (χ1) is 8.15. The Morgan fingerprint density at radius 2 is 2.35 bits per heavy atom. The Hall–Kier alpha value is -1.13. The van der Waals surface area contributed by atoms with Crippen molar-refractivity contribution in [1.29, 1.82) is 0 Å². The minimum absolute atomic E-state index is 0.0268. The molecule has 1 heterocycles. The van der Waals surface area contributed by atoms with Crippen LogP contribution in [0.2, 0.25) is 0 Å². The molecule has 1 N–H and O–H groups in total. The van der Waals surface area contributed by atoms with Gasteiger partial charge in [-0.25, -0.2) is 4.39 Å². The minimum Gasteiger partial charge on any atom is -0.488 e. The Labute approximate surface area is 101 Å². The highest BCUT2D eigenvalue weighted by Crippen LogP contribution is 2.28. The number of hydroxylamine groups is 1. The largest absolute Gasteiger partial charge is 0.488 e. The van der Waals surface area contributed by atoms with Crippen LogP contribution in [0.1, 0.15) is 19.4 Å².